The molecule has 0 radical (unpaired) electrons. The highest BCUT2D eigenvalue weighted by molar-refractivity contribution is 5.74. The molecule has 1 aliphatic heterocycles. The van der Waals surface area contributed by atoms with Crippen LogP contribution in [0.3, 0.4) is 0 Å². The average Bonchev–Trinajstić information content (AvgIpc) is 2.90. The van der Waals surface area contributed by atoms with Gasteiger partial charge in [-0.2, -0.15) is 0 Å². The van der Waals surface area contributed by atoms with Crippen LogP contribution in [-0.2, 0) is 9.53 Å². The fraction of sp³-hybridized carbons (Fsp3) is 0.533. The number of carboxylic acids is 1. The zero-order valence-electron chi connectivity index (χ0n) is 11.5. The summed E-state index contributed by atoms with van der Waals surface area (Å²) in [5, 5.41) is 9.12. The van der Waals surface area contributed by atoms with Crippen LogP contribution in [0, 0.1) is 12.8 Å². The summed E-state index contributed by atoms with van der Waals surface area (Å²) >= 11 is 0. The van der Waals surface area contributed by atoms with Gasteiger partial charge in [-0.05, 0) is 32.4 Å². The third kappa shape index (κ3) is 3.47. The van der Waals surface area contributed by atoms with Crippen LogP contribution in [0.4, 0.5) is 5.69 Å². The lowest BCUT2D eigenvalue weighted by molar-refractivity contribution is -0.135. The van der Waals surface area contributed by atoms with Gasteiger partial charge in [-0.15, -0.1) is 0 Å². The monoisotopic (exact) mass is 263 g/mol. The molecule has 1 heterocycles. The number of anilines is 1. The summed E-state index contributed by atoms with van der Waals surface area (Å²) in [7, 11) is 0. The van der Waals surface area contributed by atoms with Crippen molar-refractivity contribution in [3.05, 3.63) is 29.8 Å². The SMILES string of the molecule is Cc1ccc(N(CC(=O)O)C(C)C2CCOC2)cc1. The van der Waals surface area contributed by atoms with Crippen LogP contribution in [-0.4, -0.2) is 36.9 Å². The molecular formula is C15H21NO3. The standard InChI is InChI=1S/C15H21NO3/c1-11-3-5-14(6-4-11)16(9-15(17)18)12(2)13-7-8-19-10-13/h3-6,12-13H,7-10H2,1-2H3,(H,17,18). The molecule has 19 heavy (non-hydrogen) atoms. The van der Waals surface area contributed by atoms with Gasteiger partial charge in [0.1, 0.15) is 6.54 Å². The average molecular weight is 263 g/mol. The Morgan fingerprint density at radius 2 is 2.16 bits per heavy atom. The van der Waals surface area contributed by atoms with Gasteiger partial charge in [0.15, 0.2) is 0 Å². The lowest BCUT2D eigenvalue weighted by atomic mass is 9.98. The number of nitrogens with zero attached hydrogens (tertiary/aromatic N) is 1. The first-order valence-corrected chi connectivity index (χ1v) is 6.71. The topological polar surface area (TPSA) is 49.8 Å². The Hall–Kier alpha value is -1.55. The molecule has 0 bridgehead atoms. The Bertz CT molecular complexity index is 424. The molecule has 4 nitrogen and oxygen atoms in total. The normalized spacial score (nSPS) is 20.2. The molecule has 4 heteroatoms. The third-order valence-electron chi connectivity index (χ3n) is 3.81. The van der Waals surface area contributed by atoms with Gasteiger partial charge in [0.25, 0.3) is 0 Å². The minimum absolute atomic E-state index is 0.0285. The predicted octanol–water partition coefficient (Wildman–Crippen LogP) is 2.31. The smallest absolute Gasteiger partial charge is 0.323 e. The predicted molar refractivity (Wildman–Crippen MR) is 74.5 cm³/mol. The molecule has 0 aliphatic carbocycles. The molecule has 0 aromatic heterocycles. The molecule has 1 aromatic rings. The summed E-state index contributed by atoms with van der Waals surface area (Å²) in [4.78, 5) is 13.1. The minimum Gasteiger partial charge on any atom is -0.480 e. The number of hydrogen-bond donors (Lipinski definition) is 1. The number of benzene rings is 1. The van der Waals surface area contributed by atoms with Crippen LogP contribution < -0.4 is 4.90 Å². The highest BCUT2D eigenvalue weighted by Crippen LogP contribution is 2.26. The number of ether oxygens (including phenoxy) is 1. The van der Waals surface area contributed by atoms with Gasteiger partial charge in [-0.1, -0.05) is 17.7 Å². The van der Waals surface area contributed by atoms with Crippen molar-refractivity contribution in [3.63, 3.8) is 0 Å². The van der Waals surface area contributed by atoms with E-state index in [9.17, 15) is 4.79 Å². The molecule has 1 aliphatic rings. The van der Waals surface area contributed by atoms with Crippen LogP contribution >= 0.6 is 0 Å². The van der Waals surface area contributed by atoms with Crippen LogP contribution in [0.1, 0.15) is 18.9 Å². The fourth-order valence-corrected chi connectivity index (χ4v) is 2.54. The lowest BCUT2D eigenvalue weighted by Gasteiger charge is -2.33. The maximum Gasteiger partial charge on any atom is 0.323 e. The minimum atomic E-state index is -0.800. The first kappa shape index (κ1) is 13.9. The van der Waals surface area contributed by atoms with E-state index in [0.717, 1.165) is 25.3 Å². The molecule has 1 aromatic carbocycles. The van der Waals surface area contributed by atoms with Gasteiger partial charge in [0.2, 0.25) is 0 Å². The van der Waals surface area contributed by atoms with E-state index in [0.29, 0.717) is 5.92 Å². The van der Waals surface area contributed by atoms with E-state index >= 15 is 0 Å². The molecule has 1 saturated heterocycles. The summed E-state index contributed by atoms with van der Waals surface area (Å²) < 4.78 is 5.41. The Labute approximate surface area is 114 Å². The maximum atomic E-state index is 11.1. The molecule has 1 N–H and O–H groups in total. The van der Waals surface area contributed by atoms with Gasteiger partial charge in [-0.3, -0.25) is 4.79 Å². The summed E-state index contributed by atoms with van der Waals surface area (Å²) in [5.74, 6) is -0.396. The molecule has 2 rings (SSSR count). The van der Waals surface area contributed by atoms with E-state index in [1.54, 1.807) is 0 Å². The van der Waals surface area contributed by atoms with E-state index < -0.39 is 5.97 Å². The van der Waals surface area contributed by atoms with E-state index in [1.807, 2.05) is 36.1 Å². The number of aryl methyl sites for hydroxylation is 1. The van der Waals surface area contributed by atoms with Crippen LogP contribution in [0.25, 0.3) is 0 Å². The number of carboxylic acid groups (broad SMARTS) is 1. The van der Waals surface area contributed by atoms with E-state index in [1.165, 1.54) is 5.56 Å². The molecular weight excluding hydrogens is 242 g/mol. The zero-order valence-corrected chi connectivity index (χ0v) is 11.5. The Balaban J connectivity index is 2.18. The Kier molecular flexibility index (Phi) is 4.43. The second-order valence-electron chi connectivity index (χ2n) is 5.22. The van der Waals surface area contributed by atoms with Gasteiger partial charge in [-0.25, -0.2) is 0 Å². The van der Waals surface area contributed by atoms with Crippen molar-refractivity contribution in [2.75, 3.05) is 24.7 Å². The van der Waals surface area contributed by atoms with Crippen molar-refractivity contribution in [1.82, 2.24) is 0 Å². The quantitative estimate of drug-likeness (QED) is 0.885. The molecule has 2 atom stereocenters. The Morgan fingerprint density at radius 3 is 2.68 bits per heavy atom. The summed E-state index contributed by atoms with van der Waals surface area (Å²) in [5.41, 5.74) is 2.14. The molecule has 0 saturated carbocycles. The fourth-order valence-electron chi connectivity index (χ4n) is 2.54. The van der Waals surface area contributed by atoms with Crippen molar-refractivity contribution in [2.45, 2.75) is 26.3 Å². The van der Waals surface area contributed by atoms with Crippen molar-refractivity contribution in [1.29, 1.82) is 0 Å². The van der Waals surface area contributed by atoms with Crippen LogP contribution in [0.2, 0.25) is 0 Å². The van der Waals surface area contributed by atoms with E-state index in [2.05, 4.69) is 6.92 Å². The third-order valence-corrected chi connectivity index (χ3v) is 3.81. The number of hydrogen-bond acceptors (Lipinski definition) is 3. The van der Waals surface area contributed by atoms with Gasteiger partial charge in [0.05, 0.1) is 6.61 Å². The number of rotatable bonds is 5. The zero-order chi connectivity index (χ0) is 13.8. The van der Waals surface area contributed by atoms with Crippen molar-refractivity contribution < 1.29 is 14.6 Å². The largest absolute Gasteiger partial charge is 0.480 e. The van der Waals surface area contributed by atoms with Crippen molar-refractivity contribution >= 4 is 11.7 Å². The summed E-state index contributed by atoms with van der Waals surface area (Å²) in [6, 6.07) is 8.18. The first-order chi connectivity index (χ1) is 9.08. The van der Waals surface area contributed by atoms with Crippen molar-refractivity contribution in [3.8, 4) is 0 Å². The van der Waals surface area contributed by atoms with E-state index in [4.69, 9.17) is 9.84 Å². The number of carbonyl (C=O) groups is 1. The Morgan fingerprint density at radius 1 is 1.47 bits per heavy atom. The van der Waals surface area contributed by atoms with E-state index in [-0.39, 0.29) is 12.6 Å². The highest BCUT2D eigenvalue weighted by atomic mass is 16.5. The molecule has 104 valence electrons. The maximum absolute atomic E-state index is 11.1. The summed E-state index contributed by atoms with van der Waals surface area (Å²) in [6.45, 7) is 5.65. The van der Waals surface area contributed by atoms with Gasteiger partial charge < -0.3 is 14.7 Å². The summed E-state index contributed by atoms with van der Waals surface area (Å²) in [6.07, 6.45) is 1.00. The van der Waals surface area contributed by atoms with Gasteiger partial charge in [0, 0.05) is 24.3 Å². The number of aliphatic carboxylic acids is 1. The van der Waals surface area contributed by atoms with Crippen LogP contribution in [0.5, 0.6) is 0 Å². The van der Waals surface area contributed by atoms with Crippen LogP contribution in [0.15, 0.2) is 24.3 Å². The molecule has 1 fully saturated rings. The molecule has 0 amide bonds. The molecule has 0 spiro atoms. The second kappa shape index (κ2) is 6.06. The first-order valence-electron chi connectivity index (χ1n) is 6.71. The lowest BCUT2D eigenvalue weighted by Crippen LogP contribution is -2.42. The van der Waals surface area contributed by atoms with Gasteiger partial charge >= 0.3 is 5.97 Å². The van der Waals surface area contributed by atoms with Crippen molar-refractivity contribution in [2.24, 2.45) is 5.92 Å². The molecule has 2 unspecified atom stereocenters. The highest BCUT2D eigenvalue weighted by Gasteiger charge is 2.28. The second-order valence-corrected chi connectivity index (χ2v) is 5.22.